The Hall–Kier alpha value is 0.870. The van der Waals surface area contributed by atoms with Crippen LogP contribution in [0.5, 0.6) is 0 Å². The van der Waals surface area contributed by atoms with Crippen molar-refractivity contribution in [3.63, 3.8) is 0 Å². The lowest BCUT2D eigenvalue weighted by molar-refractivity contribution is 0.0566. The molecular weight excluding hydrogens is 269 g/mol. The van der Waals surface area contributed by atoms with Crippen LogP contribution in [0.4, 0.5) is 0 Å². The van der Waals surface area contributed by atoms with E-state index in [9.17, 15) is 0 Å². The molecule has 2 atom stereocenters. The molecule has 4 bridgehead atoms. The van der Waals surface area contributed by atoms with Gasteiger partial charge in [0.1, 0.15) is 0 Å². The summed E-state index contributed by atoms with van der Waals surface area (Å²) in [5, 5.41) is 0.542. The van der Waals surface area contributed by atoms with Crippen LogP contribution >= 0.6 is 23.3 Å². The smallest absolute Gasteiger partial charge is 0.0964 e. The number of nitrogens with two attached hydrogens (primary N) is 1. The van der Waals surface area contributed by atoms with Crippen LogP contribution < -0.4 is 5.50 Å². The fourth-order valence-corrected chi connectivity index (χ4v) is 8.61. The lowest BCUT2D eigenvalue weighted by Crippen LogP contribution is -2.57. The van der Waals surface area contributed by atoms with Gasteiger partial charge < -0.3 is 0 Å². The maximum atomic E-state index is 6.58. The number of hydrogen-bond donors (Lipinski definition) is 1. The van der Waals surface area contributed by atoms with Crippen LogP contribution in [0, 0.1) is 11.8 Å². The van der Waals surface area contributed by atoms with Gasteiger partial charge in [-0.1, -0.05) is 15.9 Å². The van der Waals surface area contributed by atoms with Gasteiger partial charge in [0, 0.05) is 10.7 Å². The quantitative estimate of drug-likeness (QED) is 0.579. The van der Waals surface area contributed by atoms with E-state index in [4.69, 9.17) is 5.50 Å². The molecule has 0 heterocycles. The summed E-state index contributed by atoms with van der Waals surface area (Å²) in [5.41, 5.74) is 6.58. The van der Waals surface area contributed by atoms with Gasteiger partial charge >= 0.3 is 0 Å². The summed E-state index contributed by atoms with van der Waals surface area (Å²) < 4.78 is 0.480. The van der Waals surface area contributed by atoms with E-state index in [0.29, 0.717) is 9.48 Å². The second-order valence-corrected chi connectivity index (χ2v) is 12.6. The van der Waals surface area contributed by atoms with E-state index in [1.165, 1.54) is 38.5 Å². The topological polar surface area (TPSA) is 26.0 Å². The third-order valence-corrected chi connectivity index (χ3v) is 9.08. The molecule has 4 saturated carbocycles. The number of halogens is 1. The van der Waals surface area contributed by atoms with Crippen LogP contribution in [0.2, 0.25) is 0 Å². The van der Waals surface area contributed by atoms with Gasteiger partial charge in [-0.3, -0.25) is 0 Å². The molecule has 0 aliphatic heterocycles. The standard InChI is InChI=1S/C12H22BrNP/c1-15(2,14)12-6-9-3-10(7-12)5-11(13,4-9)8-12/h9-10H,3-8,14H2,1-2H3/q+1. The van der Waals surface area contributed by atoms with Crippen molar-refractivity contribution in [3.05, 3.63) is 0 Å². The van der Waals surface area contributed by atoms with Gasteiger partial charge in [0.2, 0.25) is 0 Å². The molecule has 2 unspecified atom stereocenters. The predicted molar refractivity (Wildman–Crippen MR) is 72.0 cm³/mol. The Bertz CT molecular complexity index is 282. The van der Waals surface area contributed by atoms with Crippen molar-refractivity contribution in [2.75, 3.05) is 13.3 Å². The number of alkyl halides is 1. The zero-order chi connectivity index (χ0) is 10.9. The largest absolute Gasteiger partial charge is 0.205 e. The molecular formula is C12H22BrNP+. The van der Waals surface area contributed by atoms with Crippen molar-refractivity contribution in [3.8, 4) is 0 Å². The van der Waals surface area contributed by atoms with E-state index < -0.39 is 7.41 Å². The predicted octanol–water partition coefficient (Wildman–Crippen LogP) is 3.62. The summed E-state index contributed by atoms with van der Waals surface area (Å²) in [6.07, 6.45) is 8.58. The molecule has 4 aliphatic rings. The molecule has 3 heteroatoms. The molecule has 86 valence electrons. The molecule has 2 N–H and O–H groups in total. The van der Waals surface area contributed by atoms with E-state index in [2.05, 4.69) is 29.3 Å². The number of hydrogen-bond acceptors (Lipinski definition) is 1. The Kier molecular flexibility index (Phi) is 2.20. The van der Waals surface area contributed by atoms with Gasteiger partial charge in [0.25, 0.3) is 0 Å². The van der Waals surface area contributed by atoms with Gasteiger partial charge in [-0.15, -0.1) is 0 Å². The normalized spacial score (nSPS) is 53.6. The van der Waals surface area contributed by atoms with Crippen molar-refractivity contribution >= 4 is 23.3 Å². The Morgan fingerprint density at radius 1 is 1.13 bits per heavy atom. The van der Waals surface area contributed by atoms with E-state index in [1.54, 1.807) is 0 Å². The Morgan fingerprint density at radius 2 is 1.67 bits per heavy atom. The third kappa shape index (κ3) is 1.55. The van der Waals surface area contributed by atoms with Crippen LogP contribution in [-0.4, -0.2) is 22.8 Å². The minimum absolute atomic E-state index is 0.480. The minimum atomic E-state index is -1.19. The second-order valence-electron chi connectivity index (χ2n) is 6.88. The summed E-state index contributed by atoms with van der Waals surface area (Å²) in [7, 11) is -1.19. The average molecular weight is 291 g/mol. The van der Waals surface area contributed by atoms with Gasteiger partial charge in [0.05, 0.1) is 25.9 Å². The summed E-state index contributed by atoms with van der Waals surface area (Å²) in [5.74, 6) is 1.96. The summed E-state index contributed by atoms with van der Waals surface area (Å²) in [6, 6.07) is 0. The Morgan fingerprint density at radius 3 is 2.07 bits per heavy atom. The molecule has 4 fully saturated rings. The summed E-state index contributed by atoms with van der Waals surface area (Å²) >= 11 is 4.05. The first-order valence-electron chi connectivity index (χ1n) is 6.14. The summed E-state index contributed by atoms with van der Waals surface area (Å²) in [4.78, 5) is 0. The van der Waals surface area contributed by atoms with Crippen molar-refractivity contribution in [1.82, 2.24) is 0 Å². The van der Waals surface area contributed by atoms with Crippen LogP contribution in [0.1, 0.15) is 38.5 Å². The molecule has 0 spiro atoms. The maximum absolute atomic E-state index is 6.58. The van der Waals surface area contributed by atoms with E-state index in [-0.39, 0.29) is 0 Å². The zero-order valence-electron chi connectivity index (χ0n) is 9.80. The van der Waals surface area contributed by atoms with Crippen LogP contribution in [0.3, 0.4) is 0 Å². The molecule has 0 aromatic heterocycles. The lowest BCUT2D eigenvalue weighted by Gasteiger charge is -2.60. The lowest BCUT2D eigenvalue weighted by atomic mass is 9.56. The SMILES string of the molecule is C[P+](C)(N)C12CC3CC(CC(Br)(C3)C1)C2. The highest BCUT2D eigenvalue weighted by molar-refractivity contribution is 9.10. The Labute approximate surface area is 102 Å². The van der Waals surface area contributed by atoms with Gasteiger partial charge in [-0.25, -0.2) is 5.50 Å². The van der Waals surface area contributed by atoms with E-state index >= 15 is 0 Å². The first-order valence-corrected chi connectivity index (χ1v) is 9.68. The second kappa shape index (κ2) is 3.00. The number of rotatable bonds is 1. The molecule has 0 aromatic rings. The first-order chi connectivity index (χ1) is 6.82. The molecule has 0 saturated heterocycles. The van der Waals surface area contributed by atoms with Crippen molar-refractivity contribution < 1.29 is 0 Å². The van der Waals surface area contributed by atoms with E-state index in [1.807, 2.05) is 0 Å². The first kappa shape index (κ1) is 11.0. The monoisotopic (exact) mass is 290 g/mol. The van der Waals surface area contributed by atoms with Gasteiger partial charge in [0.15, 0.2) is 0 Å². The fourth-order valence-electron chi connectivity index (χ4n) is 4.78. The molecule has 0 radical (unpaired) electrons. The van der Waals surface area contributed by atoms with Crippen LogP contribution in [0.25, 0.3) is 0 Å². The molecule has 1 nitrogen and oxygen atoms in total. The van der Waals surface area contributed by atoms with Gasteiger partial charge in [-0.05, 0) is 43.9 Å². The highest BCUT2D eigenvalue weighted by Gasteiger charge is 2.64. The van der Waals surface area contributed by atoms with Crippen molar-refractivity contribution in [1.29, 1.82) is 0 Å². The average Bonchev–Trinajstić information content (AvgIpc) is 1.95. The highest BCUT2D eigenvalue weighted by atomic mass is 79.9. The third-order valence-electron chi connectivity index (χ3n) is 5.18. The molecule has 0 aromatic carbocycles. The highest BCUT2D eigenvalue weighted by Crippen LogP contribution is 2.74. The maximum Gasteiger partial charge on any atom is 0.0964 e. The van der Waals surface area contributed by atoms with Crippen molar-refractivity contribution in [2.24, 2.45) is 17.3 Å². The van der Waals surface area contributed by atoms with Crippen molar-refractivity contribution in [2.45, 2.75) is 48.0 Å². The van der Waals surface area contributed by atoms with Crippen LogP contribution in [0.15, 0.2) is 0 Å². The van der Waals surface area contributed by atoms with E-state index in [0.717, 1.165) is 11.8 Å². The van der Waals surface area contributed by atoms with Gasteiger partial charge in [-0.2, -0.15) is 0 Å². The molecule has 4 aliphatic carbocycles. The minimum Gasteiger partial charge on any atom is -0.205 e. The molecule has 0 amide bonds. The molecule has 4 rings (SSSR count). The van der Waals surface area contributed by atoms with Crippen LogP contribution in [-0.2, 0) is 0 Å². The zero-order valence-corrected chi connectivity index (χ0v) is 12.3. The Balaban J connectivity index is 2.00. The fraction of sp³-hybridized carbons (Fsp3) is 1.00. The summed E-state index contributed by atoms with van der Waals surface area (Å²) in [6.45, 7) is 4.72. The molecule has 15 heavy (non-hydrogen) atoms.